The van der Waals surface area contributed by atoms with Gasteiger partial charge in [-0.1, -0.05) is 13.8 Å². The summed E-state index contributed by atoms with van der Waals surface area (Å²) in [4.78, 5) is 46.4. The number of carbonyl (C=O) groups excluding carboxylic acids is 4. The number of carbonyl (C=O) groups is 4. The molecule has 0 radical (unpaired) electrons. The highest BCUT2D eigenvalue weighted by atomic mass is 19.3. The van der Waals surface area contributed by atoms with Crippen LogP contribution in [0.1, 0.15) is 41.5 Å². The van der Waals surface area contributed by atoms with E-state index >= 15 is 0 Å². The van der Waals surface area contributed by atoms with Gasteiger partial charge in [-0.05, 0) is 33.6 Å². The number of nitrogens with one attached hydrogen (secondary N) is 3. The minimum absolute atomic E-state index is 0.101. The zero-order chi connectivity index (χ0) is 23.7. The molecule has 0 fully saturated rings. The maximum Gasteiger partial charge on any atom is 0.407 e. The van der Waals surface area contributed by atoms with Gasteiger partial charge in [-0.2, -0.15) is 8.78 Å². The second kappa shape index (κ2) is 11.6. The molecule has 0 saturated carbocycles. The summed E-state index contributed by atoms with van der Waals surface area (Å²) in [6, 6.07) is -1.52. The van der Waals surface area contributed by atoms with Crippen LogP contribution in [0.4, 0.5) is 13.6 Å². The fraction of sp³-hybridized carbons (Fsp3) is 0.778. The fourth-order valence-electron chi connectivity index (χ4n) is 2.14. The molecular weight excluding hydrogens is 408 g/mol. The van der Waals surface area contributed by atoms with Crippen molar-refractivity contribution in [3.8, 4) is 0 Å². The van der Waals surface area contributed by atoms with Gasteiger partial charge in [-0.15, -0.1) is 0 Å². The van der Waals surface area contributed by atoms with E-state index in [1.165, 1.54) is 13.8 Å². The number of alkyl halides is 2. The molecule has 0 aromatic carbocycles. The second-order valence-corrected chi connectivity index (χ2v) is 7.75. The van der Waals surface area contributed by atoms with E-state index in [-0.39, 0.29) is 6.61 Å². The molecule has 0 bridgehead atoms. The van der Waals surface area contributed by atoms with Crippen LogP contribution in [0.3, 0.4) is 0 Å². The Kier molecular flexibility index (Phi) is 10.7. The lowest BCUT2D eigenvalue weighted by atomic mass is 9.94. The lowest BCUT2D eigenvalue weighted by molar-refractivity contribution is -0.168. The van der Waals surface area contributed by atoms with E-state index in [0.717, 1.165) is 0 Å². The third-order valence-electron chi connectivity index (χ3n) is 3.56. The number of amides is 3. The van der Waals surface area contributed by atoms with Gasteiger partial charge in [0.25, 0.3) is 5.91 Å². The number of esters is 1. The highest BCUT2D eigenvalue weighted by Gasteiger charge is 2.51. The van der Waals surface area contributed by atoms with Crippen molar-refractivity contribution < 1.29 is 42.5 Å². The van der Waals surface area contributed by atoms with Crippen LogP contribution in [0.15, 0.2) is 0 Å². The summed E-state index contributed by atoms with van der Waals surface area (Å²) in [6.45, 7) is 7.96. The number of aliphatic hydroxyl groups excluding tert-OH is 1. The van der Waals surface area contributed by atoms with Crippen molar-refractivity contribution in [1.29, 1.82) is 0 Å². The van der Waals surface area contributed by atoms with Crippen molar-refractivity contribution in [2.75, 3.05) is 19.7 Å². The number of halogens is 2. The summed E-state index contributed by atoms with van der Waals surface area (Å²) < 4.78 is 38.4. The minimum Gasteiger partial charge on any atom is -0.465 e. The molecule has 12 heteroatoms. The summed E-state index contributed by atoms with van der Waals surface area (Å²) in [5.41, 5.74) is -0.895. The quantitative estimate of drug-likeness (QED) is 0.359. The van der Waals surface area contributed by atoms with Crippen LogP contribution in [0.5, 0.6) is 0 Å². The smallest absolute Gasteiger partial charge is 0.407 e. The summed E-state index contributed by atoms with van der Waals surface area (Å²) >= 11 is 0. The summed E-state index contributed by atoms with van der Waals surface area (Å²) in [5, 5.41) is 16.0. The standard InChI is InChI=1S/C18H31F2N3O7/c1-7-29-12(25)9-21-11(24)8-22-15(27)18(19,20)14(26)13(10(2)3)23-16(28)30-17(4,5)6/h10,13-14,26H,7-9H2,1-6H3,(H,21,24)(H,22,27)(H,23,28)/t13-,14?/m0/s1. The molecule has 0 aromatic heterocycles. The highest BCUT2D eigenvalue weighted by Crippen LogP contribution is 2.25. The van der Waals surface area contributed by atoms with Gasteiger partial charge in [0, 0.05) is 0 Å². The number of aliphatic hydroxyl groups is 1. The lowest BCUT2D eigenvalue weighted by Gasteiger charge is -2.32. The zero-order valence-electron chi connectivity index (χ0n) is 18.0. The predicted octanol–water partition coefficient (Wildman–Crippen LogP) is 0.327. The number of ether oxygens (including phenoxy) is 2. The molecule has 174 valence electrons. The Labute approximate surface area is 174 Å². The first-order valence-electron chi connectivity index (χ1n) is 9.37. The molecule has 10 nitrogen and oxygen atoms in total. The fourth-order valence-corrected chi connectivity index (χ4v) is 2.14. The van der Waals surface area contributed by atoms with Crippen LogP contribution >= 0.6 is 0 Å². The van der Waals surface area contributed by atoms with Crippen LogP contribution in [0, 0.1) is 5.92 Å². The maximum atomic E-state index is 14.4. The highest BCUT2D eigenvalue weighted by molar-refractivity contribution is 5.90. The molecule has 2 atom stereocenters. The summed E-state index contributed by atoms with van der Waals surface area (Å²) in [6.07, 6.45) is -3.62. The van der Waals surface area contributed by atoms with Crippen LogP contribution in [0.25, 0.3) is 0 Å². The Hall–Kier alpha value is -2.50. The molecule has 3 amide bonds. The first-order valence-corrected chi connectivity index (χ1v) is 9.37. The van der Waals surface area contributed by atoms with Gasteiger partial charge in [0.2, 0.25) is 5.91 Å². The first kappa shape index (κ1) is 27.5. The van der Waals surface area contributed by atoms with Gasteiger partial charge >= 0.3 is 18.0 Å². The Balaban J connectivity index is 4.93. The Morgan fingerprint density at radius 3 is 2.07 bits per heavy atom. The number of hydrogen-bond donors (Lipinski definition) is 4. The number of rotatable bonds is 10. The monoisotopic (exact) mass is 439 g/mol. The van der Waals surface area contributed by atoms with E-state index in [2.05, 4.69) is 15.4 Å². The molecular formula is C18H31F2N3O7. The van der Waals surface area contributed by atoms with Crippen molar-refractivity contribution in [2.45, 2.75) is 65.2 Å². The molecule has 4 N–H and O–H groups in total. The van der Waals surface area contributed by atoms with Crippen molar-refractivity contribution in [2.24, 2.45) is 5.92 Å². The van der Waals surface area contributed by atoms with Gasteiger partial charge < -0.3 is 30.5 Å². The van der Waals surface area contributed by atoms with E-state index in [1.54, 1.807) is 33.0 Å². The average molecular weight is 439 g/mol. The molecule has 0 spiro atoms. The van der Waals surface area contributed by atoms with E-state index in [1.807, 2.05) is 0 Å². The number of hydrogen-bond acceptors (Lipinski definition) is 7. The van der Waals surface area contributed by atoms with E-state index < -0.39 is 66.6 Å². The molecule has 0 aliphatic rings. The first-order chi connectivity index (χ1) is 13.6. The maximum absolute atomic E-state index is 14.4. The van der Waals surface area contributed by atoms with Gasteiger partial charge in [0.05, 0.1) is 19.2 Å². The van der Waals surface area contributed by atoms with Gasteiger partial charge in [-0.25, -0.2) is 4.79 Å². The average Bonchev–Trinajstić information content (AvgIpc) is 2.60. The lowest BCUT2D eigenvalue weighted by Crippen LogP contribution is -2.60. The largest absolute Gasteiger partial charge is 0.465 e. The van der Waals surface area contributed by atoms with Gasteiger partial charge in [-0.3, -0.25) is 14.4 Å². The molecule has 1 unspecified atom stereocenters. The third-order valence-corrected chi connectivity index (χ3v) is 3.56. The molecule has 0 aromatic rings. The Bertz CT molecular complexity index is 621. The van der Waals surface area contributed by atoms with Crippen LogP contribution in [-0.4, -0.2) is 72.3 Å². The summed E-state index contributed by atoms with van der Waals surface area (Å²) in [5.74, 6) is -8.57. The van der Waals surface area contributed by atoms with Gasteiger partial charge in [0.15, 0.2) is 0 Å². The zero-order valence-corrected chi connectivity index (χ0v) is 18.0. The normalized spacial score (nSPS) is 13.8. The van der Waals surface area contributed by atoms with Crippen molar-refractivity contribution >= 4 is 23.9 Å². The predicted molar refractivity (Wildman–Crippen MR) is 102 cm³/mol. The van der Waals surface area contributed by atoms with Crippen LogP contribution in [-0.2, 0) is 23.9 Å². The molecule has 0 rings (SSSR count). The SMILES string of the molecule is CCOC(=O)CNC(=O)CNC(=O)C(F)(F)C(O)[C@@H](NC(=O)OC(C)(C)C)C(C)C. The van der Waals surface area contributed by atoms with Crippen molar-refractivity contribution in [1.82, 2.24) is 16.0 Å². The third kappa shape index (κ3) is 9.81. The second-order valence-electron chi connectivity index (χ2n) is 7.75. The topological polar surface area (TPSA) is 143 Å². The van der Waals surface area contributed by atoms with Gasteiger partial charge in [0.1, 0.15) is 18.2 Å². The summed E-state index contributed by atoms with van der Waals surface area (Å²) in [7, 11) is 0. The Morgan fingerprint density at radius 2 is 1.60 bits per heavy atom. The molecule has 0 saturated heterocycles. The molecule has 0 aliphatic carbocycles. The molecule has 0 aliphatic heterocycles. The van der Waals surface area contributed by atoms with Crippen LogP contribution < -0.4 is 16.0 Å². The van der Waals surface area contributed by atoms with E-state index in [4.69, 9.17) is 4.74 Å². The van der Waals surface area contributed by atoms with Crippen molar-refractivity contribution in [3.05, 3.63) is 0 Å². The Morgan fingerprint density at radius 1 is 1.03 bits per heavy atom. The molecule has 30 heavy (non-hydrogen) atoms. The molecule has 0 heterocycles. The minimum atomic E-state index is -4.33. The van der Waals surface area contributed by atoms with E-state index in [9.17, 15) is 33.1 Å². The van der Waals surface area contributed by atoms with Crippen molar-refractivity contribution in [3.63, 3.8) is 0 Å². The number of alkyl carbamates (subject to hydrolysis) is 1. The van der Waals surface area contributed by atoms with E-state index in [0.29, 0.717) is 0 Å². The van der Waals surface area contributed by atoms with Crippen LogP contribution in [0.2, 0.25) is 0 Å².